The molecule has 0 saturated heterocycles. The standard InChI is InChI=1S/C24H17BrClNO3/c25-17-7-11-19(12-8-17)29-13-14-30-24(28)21-15-23(16-5-9-18(26)10-6-16)27-22-4-2-1-3-20(21)22/h1-12,15H,13-14H2. The molecule has 0 fully saturated rings. The summed E-state index contributed by atoms with van der Waals surface area (Å²) in [6, 6.07) is 24.1. The van der Waals surface area contributed by atoms with Gasteiger partial charge in [-0.05, 0) is 48.5 Å². The van der Waals surface area contributed by atoms with Crippen molar-refractivity contribution in [1.82, 2.24) is 4.98 Å². The van der Waals surface area contributed by atoms with Crippen molar-refractivity contribution in [3.05, 3.63) is 93.9 Å². The number of carbonyl (C=O) groups excluding carboxylic acids is 1. The molecule has 0 spiro atoms. The molecule has 0 amide bonds. The Morgan fingerprint density at radius 1 is 0.933 bits per heavy atom. The van der Waals surface area contributed by atoms with Crippen LogP contribution in [0.15, 0.2) is 83.3 Å². The van der Waals surface area contributed by atoms with Crippen LogP contribution in [0.4, 0.5) is 0 Å². The van der Waals surface area contributed by atoms with Gasteiger partial charge in [0.1, 0.15) is 19.0 Å². The fraction of sp³-hybridized carbons (Fsp3) is 0.0833. The molecular formula is C24H17BrClNO3. The summed E-state index contributed by atoms with van der Waals surface area (Å²) in [5.41, 5.74) is 2.75. The molecule has 0 saturated carbocycles. The smallest absolute Gasteiger partial charge is 0.339 e. The van der Waals surface area contributed by atoms with Gasteiger partial charge in [-0.1, -0.05) is 57.9 Å². The van der Waals surface area contributed by atoms with Crippen molar-refractivity contribution in [1.29, 1.82) is 0 Å². The zero-order valence-electron chi connectivity index (χ0n) is 15.8. The third-order valence-corrected chi connectivity index (χ3v) is 5.26. The first-order chi connectivity index (χ1) is 14.6. The summed E-state index contributed by atoms with van der Waals surface area (Å²) in [5.74, 6) is 0.303. The maximum Gasteiger partial charge on any atom is 0.339 e. The number of benzene rings is 3. The number of para-hydroxylation sites is 1. The normalized spacial score (nSPS) is 10.7. The van der Waals surface area contributed by atoms with Crippen LogP contribution in [0, 0.1) is 0 Å². The van der Waals surface area contributed by atoms with E-state index < -0.39 is 5.97 Å². The van der Waals surface area contributed by atoms with Gasteiger partial charge in [0.15, 0.2) is 0 Å². The molecular weight excluding hydrogens is 466 g/mol. The van der Waals surface area contributed by atoms with Gasteiger partial charge in [-0.2, -0.15) is 0 Å². The van der Waals surface area contributed by atoms with Gasteiger partial charge in [0.25, 0.3) is 0 Å². The van der Waals surface area contributed by atoms with Crippen molar-refractivity contribution >= 4 is 44.4 Å². The quantitative estimate of drug-likeness (QED) is 0.231. The summed E-state index contributed by atoms with van der Waals surface area (Å²) in [6.45, 7) is 0.405. The average Bonchev–Trinajstić information content (AvgIpc) is 2.77. The molecule has 1 heterocycles. The molecule has 150 valence electrons. The van der Waals surface area contributed by atoms with Gasteiger partial charge in [-0.25, -0.2) is 9.78 Å². The molecule has 6 heteroatoms. The second-order valence-electron chi connectivity index (χ2n) is 6.52. The molecule has 0 bridgehead atoms. The molecule has 0 unspecified atom stereocenters. The fourth-order valence-electron chi connectivity index (χ4n) is 3.02. The molecule has 30 heavy (non-hydrogen) atoms. The summed E-state index contributed by atoms with van der Waals surface area (Å²) in [6.07, 6.45) is 0. The van der Waals surface area contributed by atoms with E-state index in [2.05, 4.69) is 20.9 Å². The Labute approximate surface area is 187 Å². The Hall–Kier alpha value is -2.89. The number of aromatic nitrogens is 1. The van der Waals surface area contributed by atoms with Gasteiger partial charge in [-0.3, -0.25) is 0 Å². The van der Waals surface area contributed by atoms with Crippen molar-refractivity contribution in [3.8, 4) is 17.0 Å². The predicted molar refractivity (Wildman–Crippen MR) is 122 cm³/mol. The second kappa shape index (κ2) is 9.28. The number of hydrogen-bond donors (Lipinski definition) is 0. The van der Waals surface area contributed by atoms with Gasteiger partial charge in [0.05, 0.1) is 16.8 Å². The minimum Gasteiger partial charge on any atom is -0.490 e. The highest BCUT2D eigenvalue weighted by Crippen LogP contribution is 2.26. The Morgan fingerprint density at radius 2 is 1.67 bits per heavy atom. The minimum atomic E-state index is -0.414. The lowest BCUT2D eigenvalue weighted by Crippen LogP contribution is -2.13. The van der Waals surface area contributed by atoms with Crippen molar-refractivity contribution in [2.24, 2.45) is 0 Å². The highest BCUT2D eigenvalue weighted by molar-refractivity contribution is 9.10. The number of esters is 1. The Balaban J connectivity index is 1.52. The van der Waals surface area contributed by atoms with Crippen molar-refractivity contribution in [3.63, 3.8) is 0 Å². The first kappa shape index (κ1) is 20.4. The molecule has 0 atom stereocenters. The summed E-state index contributed by atoms with van der Waals surface area (Å²) in [4.78, 5) is 17.5. The molecule has 0 aliphatic heterocycles. The van der Waals surface area contributed by atoms with Crippen LogP contribution in [0.3, 0.4) is 0 Å². The van der Waals surface area contributed by atoms with E-state index in [4.69, 9.17) is 21.1 Å². The Morgan fingerprint density at radius 3 is 2.43 bits per heavy atom. The monoisotopic (exact) mass is 481 g/mol. The van der Waals surface area contributed by atoms with Crippen LogP contribution >= 0.6 is 27.5 Å². The number of hydrogen-bond acceptors (Lipinski definition) is 4. The highest BCUT2D eigenvalue weighted by atomic mass is 79.9. The lowest BCUT2D eigenvalue weighted by atomic mass is 10.0. The van der Waals surface area contributed by atoms with Crippen molar-refractivity contribution in [2.75, 3.05) is 13.2 Å². The Bertz CT molecular complexity index is 1180. The fourth-order valence-corrected chi connectivity index (χ4v) is 3.41. The zero-order valence-corrected chi connectivity index (χ0v) is 18.2. The third kappa shape index (κ3) is 4.81. The molecule has 4 nitrogen and oxygen atoms in total. The number of halogens is 2. The summed E-state index contributed by atoms with van der Waals surface area (Å²) in [7, 11) is 0. The number of pyridine rings is 1. The van der Waals surface area contributed by atoms with Crippen molar-refractivity contribution < 1.29 is 14.3 Å². The van der Waals surface area contributed by atoms with E-state index in [9.17, 15) is 4.79 Å². The highest BCUT2D eigenvalue weighted by Gasteiger charge is 2.15. The second-order valence-corrected chi connectivity index (χ2v) is 7.87. The van der Waals surface area contributed by atoms with E-state index in [0.29, 0.717) is 22.0 Å². The number of nitrogens with zero attached hydrogens (tertiary/aromatic N) is 1. The maximum absolute atomic E-state index is 12.8. The minimum absolute atomic E-state index is 0.141. The maximum atomic E-state index is 12.8. The first-order valence-corrected chi connectivity index (χ1v) is 10.5. The zero-order chi connectivity index (χ0) is 20.9. The lowest BCUT2D eigenvalue weighted by molar-refractivity contribution is 0.0452. The molecule has 0 aliphatic carbocycles. The third-order valence-electron chi connectivity index (χ3n) is 4.47. The van der Waals surface area contributed by atoms with Crippen LogP contribution in [0.25, 0.3) is 22.2 Å². The molecule has 0 radical (unpaired) electrons. The molecule has 4 aromatic rings. The summed E-state index contributed by atoms with van der Waals surface area (Å²) in [5, 5.41) is 1.39. The van der Waals surface area contributed by atoms with E-state index in [1.54, 1.807) is 18.2 Å². The molecule has 3 aromatic carbocycles. The predicted octanol–water partition coefficient (Wildman–Crippen LogP) is 6.55. The number of ether oxygens (including phenoxy) is 2. The number of rotatable bonds is 6. The Kier molecular flexibility index (Phi) is 6.31. The van der Waals surface area contributed by atoms with Crippen molar-refractivity contribution in [2.45, 2.75) is 0 Å². The molecule has 1 aromatic heterocycles. The van der Waals surface area contributed by atoms with Crippen LogP contribution in [0.5, 0.6) is 5.75 Å². The van der Waals surface area contributed by atoms with E-state index >= 15 is 0 Å². The van der Waals surface area contributed by atoms with Gasteiger partial charge in [0, 0.05) is 20.4 Å². The number of carbonyl (C=O) groups is 1. The van der Waals surface area contributed by atoms with E-state index in [1.165, 1.54) is 0 Å². The molecule has 0 N–H and O–H groups in total. The van der Waals surface area contributed by atoms with E-state index in [-0.39, 0.29) is 13.2 Å². The lowest BCUT2D eigenvalue weighted by Gasteiger charge is -2.11. The van der Waals surface area contributed by atoms with Crippen LogP contribution in [-0.4, -0.2) is 24.2 Å². The van der Waals surface area contributed by atoms with Gasteiger partial charge < -0.3 is 9.47 Å². The average molecular weight is 483 g/mol. The molecule has 4 rings (SSSR count). The van der Waals surface area contributed by atoms with E-state index in [0.717, 1.165) is 20.9 Å². The summed E-state index contributed by atoms with van der Waals surface area (Å²) >= 11 is 9.37. The topological polar surface area (TPSA) is 48.4 Å². The largest absolute Gasteiger partial charge is 0.490 e. The van der Waals surface area contributed by atoms with Crippen LogP contribution in [0.2, 0.25) is 5.02 Å². The van der Waals surface area contributed by atoms with Crippen LogP contribution in [-0.2, 0) is 4.74 Å². The van der Waals surface area contributed by atoms with Crippen LogP contribution < -0.4 is 4.74 Å². The molecule has 0 aliphatic rings. The van der Waals surface area contributed by atoms with E-state index in [1.807, 2.05) is 60.7 Å². The van der Waals surface area contributed by atoms with Gasteiger partial charge >= 0.3 is 5.97 Å². The van der Waals surface area contributed by atoms with Crippen LogP contribution in [0.1, 0.15) is 10.4 Å². The van der Waals surface area contributed by atoms with Gasteiger partial charge in [0.2, 0.25) is 0 Å². The SMILES string of the molecule is O=C(OCCOc1ccc(Br)cc1)c1cc(-c2ccc(Cl)cc2)nc2ccccc12. The first-order valence-electron chi connectivity index (χ1n) is 9.31. The van der Waals surface area contributed by atoms with Gasteiger partial charge in [-0.15, -0.1) is 0 Å². The number of fused-ring (bicyclic) bond motifs is 1. The summed E-state index contributed by atoms with van der Waals surface area (Å²) < 4.78 is 12.1.